The van der Waals surface area contributed by atoms with Crippen LogP contribution >= 0.6 is 11.8 Å². The summed E-state index contributed by atoms with van der Waals surface area (Å²) in [5, 5.41) is 9.51. The lowest BCUT2D eigenvalue weighted by molar-refractivity contribution is 0.0691. The molecule has 0 radical (unpaired) electrons. The van der Waals surface area contributed by atoms with Crippen molar-refractivity contribution in [2.24, 2.45) is 0 Å². The van der Waals surface area contributed by atoms with Crippen molar-refractivity contribution < 1.29 is 19.0 Å². The molecule has 0 fully saturated rings. The Kier molecular flexibility index (Phi) is 4.57. The fourth-order valence-electron chi connectivity index (χ4n) is 1.56. The van der Waals surface area contributed by atoms with Gasteiger partial charge < -0.3 is 9.84 Å². The molecule has 0 unspecified atom stereocenters. The summed E-state index contributed by atoms with van der Waals surface area (Å²) < 4.78 is 18.8. The Morgan fingerprint density at radius 3 is 2.95 bits per heavy atom. The minimum Gasteiger partial charge on any atom is -0.491 e. The van der Waals surface area contributed by atoms with E-state index in [-0.39, 0.29) is 5.56 Å². The zero-order chi connectivity index (χ0) is 14.5. The fourth-order valence-corrected chi connectivity index (χ4v) is 2.44. The first-order chi connectivity index (χ1) is 9.61. The van der Waals surface area contributed by atoms with Crippen LogP contribution in [-0.4, -0.2) is 22.7 Å². The van der Waals surface area contributed by atoms with Gasteiger partial charge in [0.05, 0.1) is 12.2 Å². The number of hydrogen-bond acceptors (Lipinski definition) is 4. The van der Waals surface area contributed by atoms with Crippen LogP contribution in [0.1, 0.15) is 17.3 Å². The van der Waals surface area contributed by atoms with E-state index in [1.165, 1.54) is 23.9 Å². The molecule has 0 atom stereocenters. The van der Waals surface area contributed by atoms with Gasteiger partial charge in [-0.25, -0.2) is 14.2 Å². The molecular weight excluding hydrogens is 281 g/mol. The van der Waals surface area contributed by atoms with Gasteiger partial charge in [-0.15, -0.1) is 0 Å². The van der Waals surface area contributed by atoms with Gasteiger partial charge in [-0.3, -0.25) is 0 Å². The summed E-state index contributed by atoms with van der Waals surface area (Å²) in [6.07, 6.45) is 1.62. The number of carboxylic acids is 1. The standard InChI is InChI=1S/C14H12FNO3S/c1-2-19-12-4-3-7-16-13(12)20-9-5-6-11(15)10(8-9)14(17)18/h3-8H,2H2,1H3,(H,17,18). The summed E-state index contributed by atoms with van der Waals surface area (Å²) in [5.41, 5.74) is -0.358. The van der Waals surface area contributed by atoms with Crippen LogP contribution in [0.3, 0.4) is 0 Å². The molecule has 0 aliphatic carbocycles. The lowest BCUT2D eigenvalue weighted by Crippen LogP contribution is -2.00. The lowest BCUT2D eigenvalue weighted by atomic mass is 10.2. The molecule has 0 spiro atoms. The Bertz CT molecular complexity index is 634. The van der Waals surface area contributed by atoms with Crippen molar-refractivity contribution in [3.8, 4) is 5.75 Å². The Labute approximate surface area is 119 Å². The zero-order valence-electron chi connectivity index (χ0n) is 10.7. The monoisotopic (exact) mass is 293 g/mol. The molecule has 0 aliphatic heterocycles. The van der Waals surface area contributed by atoms with Gasteiger partial charge in [0.25, 0.3) is 0 Å². The van der Waals surface area contributed by atoms with Crippen molar-refractivity contribution in [3.05, 3.63) is 47.9 Å². The summed E-state index contributed by atoms with van der Waals surface area (Å²) >= 11 is 1.23. The summed E-state index contributed by atoms with van der Waals surface area (Å²) in [7, 11) is 0. The minimum absolute atomic E-state index is 0.358. The van der Waals surface area contributed by atoms with Crippen molar-refractivity contribution in [1.29, 1.82) is 0 Å². The Balaban J connectivity index is 2.31. The first-order valence-corrected chi connectivity index (χ1v) is 6.72. The first kappa shape index (κ1) is 14.3. The fraction of sp³-hybridized carbons (Fsp3) is 0.143. The molecule has 0 aliphatic rings. The number of halogens is 1. The normalized spacial score (nSPS) is 10.3. The van der Waals surface area contributed by atoms with Gasteiger partial charge in [0.15, 0.2) is 5.75 Å². The van der Waals surface area contributed by atoms with E-state index in [4.69, 9.17) is 9.84 Å². The number of carbonyl (C=O) groups is 1. The highest BCUT2D eigenvalue weighted by atomic mass is 32.2. The molecule has 0 saturated heterocycles. The molecule has 1 N–H and O–H groups in total. The van der Waals surface area contributed by atoms with Gasteiger partial charge in [-0.05, 0) is 37.3 Å². The third-order valence-electron chi connectivity index (χ3n) is 2.42. The van der Waals surface area contributed by atoms with Gasteiger partial charge >= 0.3 is 5.97 Å². The van der Waals surface area contributed by atoms with Crippen molar-refractivity contribution in [3.63, 3.8) is 0 Å². The van der Waals surface area contributed by atoms with E-state index in [9.17, 15) is 9.18 Å². The maximum atomic E-state index is 13.3. The van der Waals surface area contributed by atoms with E-state index in [1.54, 1.807) is 18.3 Å². The van der Waals surface area contributed by atoms with E-state index < -0.39 is 11.8 Å². The van der Waals surface area contributed by atoms with Crippen LogP contribution in [-0.2, 0) is 0 Å². The smallest absolute Gasteiger partial charge is 0.338 e. The number of rotatable bonds is 5. The third-order valence-corrected chi connectivity index (χ3v) is 3.41. The maximum absolute atomic E-state index is 13.3. The molecule has 6 heteroatoms. The van der Waals surface area contributed by atoms with Crippen LogP contribution in [0.2, 0.25) is 0 Å². The van der Waals surface area contributed by atoms with Crippen molar-refractivity contribution in [2.75, 3.05) is 6.61 Å². The number of pyridine rings is 1. The van der Waals surface area contributed by atoms with Gasteiger partial charge in [-0.1, -0.05) is 11.8 Å². The number of carboxylic acid groups (broad SMARTS) is 1. The van der Waals surface area contributed by atoms with Crippen LogP contribution in [0.25, 0.3) is 0 Å². The SMILES string of the molecule is CCOc1cccnc1Sc1ccc(F)c(C(=O)O)c1. The van der Waals surface area contributed by atoms with E-state index >= 15 is 0 Å². The zero-order valence-corrected chi connectivity index (χ0v) is 11.5. The first-order valence-electron chi connectivity index (χ1n) is 5.90. The second-order valence-electron chi connectivity index (χ2n) is 3.79. The van der Waals surface area contributed by atoms with Crippen LogP contribution in [0.5, 0.6) is 5.75 Å². The molecule has 0 bridgehead atoms. The molecule has 1 heterocycles. The van der Waals surface area contributed by atoms with Crippen LogP contribution in [0.4, 0.5) is 4.39 Å². The Morgan fingerprint density at radius 2 is 2.25 bits per heavy atom. The van der Waals surface area contributed by atoms with Gasteiger partial charge in [0.2, 0.25) is 0 Å². The topological polar surface area (TPSA) is 59.4 Å². The molecule has 1 aromatic heterocycles. The second-order valence-corrected chi connectivity index (χ2v) is 4.85. The van der Waals surface area contributed by atoms with Gasteiger partial charge in [-0.2, -0.15) is 0 Å². The summed E-state index contributed by atoms with van der Waals surface area (Å²) in [6, 6.07) is 7.46. The highest BCUT2D eigenvalue weighted by Crippen LogP contribution is 2.33. The second kappa shape index (κ2) is 6.38. The number of benzene rings is 1. The predicted octanol–water partition coefficient (Wildman–Crippen LogP) is 3.47. The molecule has 4 nitrogen and oxygen atoms in total. The largest absolute Gasteiger partial charge is 0.491 e. The molecule has 1 aromatic carbocycles. The summed E-state index contributed by atoms with van der Waals surface area (Å²) in [5.74, 6) is -1.44. The highest BCUT2D eigenvalue weighted by Gasteiger charge is 2.13. The van der Waals surface area contributed by atoms with Crippen LogP contribution in [0, 0.1) is 5.82 Å². The number of aromatic carboxylic acids is 1. The lowest BCUT2D eigenvalue weighted by Gasteiger charge is -2.08. The van der Waals surface area contributed by atoms with Gasteiger partial charge in [0, 0.05) is 11.1 Å². The average Bonchev–Trinajstić information content (AvgIpc) is 2.43. The Hall–Kier alpha value is -2.08. The number of aromatic nitrogens is 1. The molecule has 20 heavy (non-hydrogen) atoms. The number of hydrogen-bond donors (Lipinski definition) is 1. The third kappa shape index (κ3) is 3.27. The summed E-state index contributed by atoms with van der Waals surface area (Å²) in [6.45, 7) is 2.37. The van der Waals surface area contributed by atoms with Gasteiger partial charge in [0.1, 0.15) is 10.8 Å². The molecular formula is C14H12FNO3S. The van der Waals surface area contributed by atoms with Crippen molar-refractivity contribution in [2.45, 2.75) is 16.8 Å². The predicted molar refractivity (Wildman–Crippen MR) is 72.9 cm³/mol. The molecule has 0 saturated carbocycles. The van der Waals surface area contributed by atoms with Crippen molar-refractivity contribution >= 4 is 17.7 Å². The minimum atomic E-state index is -1.30. The number of ether oxygens (including phenoxy) is 1. The van der Waals surface area contributed by atoms with E-state index in [0.717, 1.165) is 6.07 Å². The maximum Gasteiger partial charge on any atom is 0.338 e. The average molecular weight is 293 g/mol. The molecule has 2 aromatic rings. The van der Waals surface area contributed by atoms with E-state index in [1.807, 2.05) is 6.92 Å². The molecule has 0 amide bonds. The molecule has 2 rings (SSSR count). The van der Waals surface area contributed by atoms with Crippen molar-refractivity contribution in [1.82, 2.24) is 4.98 Å². The van der Waals surface area contributed by atoms with E-state index in [0.29, 0.717) is 22.3 Å². The Morgan fingerprint density at radius 1 is 1.45 bits per heavy atom. The van der Waals surface area contributed by atoms with Crippen LogP contribution in [0.15, 0.2) is 46.5 Å². The quantitative estimate of drug-likeness (QED) is 0.914. The highest BCUT2D eigenvalue weighted by molar-refractivity contribution is 7.99. The van der Waals surface area contributed by atoms with Crippen LogP contribution < -0.4 is 4.74 Å². The van der Waals surface area contributed by atoms with E-state index in [2.05, 4.69) is 4.98 Å². The molecule has 104 valence electrons. The summed E-state index contributed by atoms with van der Waals surface area (Å²) in [4.78, 5) is 15.7. The number of nitrogens with zero attached hydrogens (tertiary/aromatic N) is 1.